The third kappa shape index (κ3) is 4.49. The Kier molecular flexibility index (Phi) is 6.05. The highest BCUT2D eigenvalue weighted by Gasteiger charge is 2.21. The fourth-order valence-corrected chi connectivity index (χ4v) is 4.60. The van der Waals surface area contributed by atoms with Crippen molar-refractivity contribution in [1.29, 1.82) is 0 Å². The third-order valence-electron chi connectivity index (χ3n) is 5.12. The summed E-state index contributed by atoms with van der Waals surface area (Å²) in [6.45, 7) is 1.51. The number of carbonyl (C=O) groups is 2. The van der Waals surface area contributed by atoms with Gasteiger partial charge in [0.25, 0.3) is 0 Å². The summed E-state index contributed by atoms with van der Waals surface area (Å²) in [5.74, 6) is -0.252. The van der Waals surface area contributed by atoms with E-state index in [4.69, 9.17) is 0 Å². The van der Waals surface area contributed by atoms with Crippen molar-refractivity contribution in [2.24, 2.45) is 0 Å². The maximum absolute atomic E-state index is 12.5. The number of nitrogens with one attached hydrogen (secondary N) is 1. The Bertz CT molecular complexity index is 1070. The van der Waals surface area contributed by atoms with Crippen molar-refractivity contribution >= 4 is 40.0 Å². The lowest BCUT2D eigenvalue weighted by molar-refractivity contribution is -0.117. The number of aryl methyl sites for hydroxylation is 1. The second-order valence-electron chi connectivity index (χ2n) is 7.23. The molecule has 0 bridgehead atoms. The number of nitrogens with zero attached hydrogens (tertiary/aromatic N) is 2. The fraction of sp³-hybridized carbons (Fsp3) is 0.208. The SMILES string of the molecule is CC(=O)N(c1ccccc1)c1nc(C=CC(=O)NC2CCCc3ccccc32)cs1. The molecule has 3 aromatic rings. The van der Waals surface area contributed by atoms with Crippen LogP contribution < -0.4 is 10.2 Å². The van der Waals surface area contributed by atoms with Gasteiger partial charge in [-0.2, -0.15) is 0 Å². The van der Waals surface area contributed by atoms with E-state index in [1.165, 1.54) is 35.5 Å². The van der Waals surface area contributed by atoms with Gasteiger partial charge in [-0.3, -0.25) is 14.5 Å². The van der Waals surface area contributed by atoms with E-state index < -0.39 is 0 Å². The quantitative estimate of drug-likeness (QED) is 0.592. The van der Waals surface area contributed by atoms with Gasteiger partial charge in [-0.15, -0.1) is 11.3 Å². The number of hydrogen-bond donors (Lipinski definition) is 1. The monoisotopic (exact) mass is 417 g/mol. The van der Waals surface area contributed by atoms with Crippen molar-refractivity contribution in [3.8, 4) is 0 Å². The van der Waals surface area contributed by atoms with Crippen LogP contribution in [0.3, 0.4) is 0 Å². The molecule has 2 amide bonds. The molecular weight excluding hydrogens is 394 g/mol. The van der Waals surface area contributed by atoms with Crippen molar-refractivity contribution in [3.63, 3.8) is 0 Å². The van der Waals surface area contributed by atoms with Crippen molar-refractivity contribution in [2.75, 3.05) is 4.90 Å². The molecule has 0 radical (unpaired) electrons. The largest absolute Gasteiger partial charge is 0.346 e. The van der Waals surface area contributed by atoms with Crippen LogP contribution >= 0.6 is 11.3 Å². The fourth-order valence-electron chi connectivity index (χ4n) is 3.74. The second-order valence-corrected chi connectivity index (χ2v) is 8.07. The zero-order valence-electron chi connectivity index (χ0n) is 16.7. The van der Waals surface area contributed by atoms with E-state index in [1.807, 2.05) is 47.8 Å². The Labute approximate surface area is 180 Å². The molecule has 2 aromatic carbocycles. The Hall–Kier alpha value is -3.25. The molecule has 6 heteroatoms. The minimum Gasteiger partial charge on any atom is -0.346 e. The first kappa shape index (κ1) is 20.0. The maximum atomic E-state index is 12.5. The minimum absolute atomic E-state index is 0.0457. The normalized spacial score (nSPS) is 15.6. The highest BCUT2D eigenvalue weighted by atomic mass is 32.1. The topological polar surface area (TPSA) is 62.3 Å². The Morgan fingerprint density at radius 3 is 2.70 bits per heavy atom. The van der Waals surface area contributed by atoms with E-state index in [0.717, 1.165) is 24.9 Å². The van der Waals surface area contributed by atoms with Gasteiger partial charge >= 0.3 is 0 Å². The number of carbonyl (C=O) groups excluding carboxylic acids is 2. The average molecular weight is 418 g/mol. The lowest BCUT2D eigenvalue weighted by atomic mass is 9.88. The third-order valence-corrected chi connectivity index (χ3v) is 5.97. The van der Waals surface area contributed by atoms with E-state index >= 15 is 0 Å². The Morgan fingerprint density at radius 2 is 1.90 bits per heavy atom. The second kappa shape index (κ2) is 9.05. The first-order valence-electron chi connectivity index (χ1n) is 9.99. The van der Waals surface area contributed by atoms with Crippen LogP contribution in [0.5, 0.6) is 0 Å². The number of benzene rings is 2. The summed E-state index contributed by atoms with van der Waals surface area (Å²) in [6, 6.07) is 17.7. The zero-order valence-corrected chi connectivity index (χ0v) is 17.6. The molecule has 30 heavy (non-hydrogen) atoms. The van der Waals surface area contributed by atoms with Crippen LogP contribution in [-0.2, 0) is 16.0 Å². The first-order valence-corrected chi connectivity index (χ1v) is 10.9. The summed E-state index contributed by atoms with van der Waals surface area (Å²) in [7, 11) is 0. The molecule has 4 rings (SSSR count). The molecule has 1 aliphatic rings. The number of rotatable bonds is 5. The molecule has 1 aromatic heterocycles. The number of aromatic nitrogens is 1. The van der Waals surface area contributed by atoms with Gasteiger partial charge < -0.3 is 5.32 Å². The summed E-state index contributed by atoms with van der Waals surface area (Å²) in [4.78, 5) is 30.7. The number of anilines is 2. The van der Waals surface area contributed by atoms with Gasteiger partial charge in [-0.05, 0) is 48.6 Å². The lowest BCUT2D eigenvalue weighted by Gasteiger charge is -2.25. The maximum Gasteiger partial charge on any atom is 0.244 e. The van der Waals surface area contributed by atoms with Gasteiger partial charge in [-0.1, -0.05) is 42.5 Å². The average Bonchev–Trinajstić information content (AvgIpc) is 3.21. The Balaban J connectivity index is 1.45. The number of thiazole rings is 1. The van der Waals surface area contributed by atoms with Crippen LogP contribution in [0.1, 0.15) is 42.6 Å². The standard InChI is InChI=1S/C24H23N3O2S/c1-17(28)27(20-10-3-2-4-11-20)24-25-19(16-30-24)14-15-23(29)26-22-13-7-9-18-8-5-6-12-21(18)22/h2-6,8,10-12,14-16,22H,7,9,13H2,1H3,(H,26,29). The number of fused-ring (bicyclic) bond motifs is 1. The summed E-state index contributed by atoms with van der Waals surface area (Å²) in [6.07, 6.45) is 6.28. The molecule has 1 aliphatic carbocycles. The molecule has 152 valence electrons. The van der Waals surface area contributed by atoms with E-state index in [2.05, 4.69) is 22.4 Å². The molecule has 0 fully saturated rings. The number of amides is 2. The Morgan fingerprint density at radius 1 is 1.13 bits per heavy atom. The van der Waals surface area contributed by atoms with Crippen LogP contribution in [0, 0.1) is 0 Å². The van der Waals surface area contributed by atoms with E-state index in [1.54, 1.807) is 11.0 Å². The van der Waals surface area contributed by atoms with Gasteiger partial charge in [0.1, 0.15) is 0 Å². The smallest absolute Gasteiger partial charge is 0.244 e. The highest BCUT2D eigenvalue weighted by molar-refractivity contribution is 7.14. The van der Waals surface area contributed by atoms with E-state index in [0.29, 0.717) is 10.8 Å². The summed E-state index contributed by atoms with van der Waals surface area (Å²) >= 11 is 1.37. The van der Waals surface area contributed by atoms with Crippen LogP contribution in [0.25, 0.3) is 6.08 Å². The molecule has 1 heterocycles. The molecule has 0 aliphatic heterocycles. The van der Waals surface area contributed by atoms with Crippen LogP contribution in [0.15, 0.2) is 66.1 Å². The van der Waals surface area contributed by atoms with Crippen molar-refractivity contribution < 1.29 is 9.59 Å². The van der Waals surface area contributed by atoms with E-state index in [9.17, 15) is 9.59 Å². The first-order chi connectivity index (χ1) is 14.6. The van der Waals surface area contributed by atoms with Gasteiger partial charge in [0, 0.05) is 18.4 Å². The van der Waals surface area contributed by atoms with E-state index in [-0.39, 0.29) is 17.9 Å². The van der Waals surface area contributed by atoms with Gasteiger partial charge in [0.15, 0.2) is 5.13 Å². The van der Waals surface area contributed by atoms with Crippen molar-refractivity contribution in [2.45, 2.75) is 32.2 Å². The lowest BCUT2D eigenvalue weighted by Crippen LogP contribution is -2.29. The van der Waals surface area contributed by atoms with Gasteiger partial charge in [0.05, 0.1) is 17.4 Å². The zero-order chi connectivity index (χ0) is 20.9. The predicted octanol–water partition coefficient (Wildman–Crippen LogP) is 5.03. The predicted molar refractivity (Wildman–Crippen MR) is 121 cm³/mol. The molecule has 0 saturated carbocycles. The molecule has 5 nitrogen and oxygen atoms in total. The number of hydrogen-bond acceptors (Lipinski definition) is 4. The number of para-hydroxylation sites is 1. The van der Waals surface area contributed by atoms with Crippen LogP contribution in [0.4, 0.5) is 10.8 Å². The van der Waals surface area contributed by atoms with Gasteiger partial charge in [-0.25, -0.2) is 4.98 Å². The molecule has 0 saturated heterocycles. The molecular formula is C24H23N3O2S. The molecule has 1 unspecified atom stereocenters. The molecule has 1 atom stereocenters. The van der Waals surface area contributed by atoms with Crippen LogP contribution in [0.2, 0.25) is 0 Å². The van der Waals surface area contributed by atoms with Crippen molar-refractivity contribution in [3.05, 3.63) is 82.9 Å². The van der Waals surface area contributed by atoms with Crippen molar-refractivity contribution in [1.82, 2.24) is 10.3 Å². The van der Waals surface area contributed by atoms with Crippen LogP contribution in [-0.4, -0.2) is 16.8 Å². The van der Waals surface area contributed by atoms with Gasteiger partial charge in [0.2, 0.25) is 11.8 Å². The molecule has 0 spiro atoms. The summed E-state index contributed by atoms with van der Waals surface area (Å²) in [5.41, 5.74) is 3.94. The highest BCUT2D eigenvalue weighted by Crippen LogP contribution is 2.30. The summed E-state index contributed by atoms with van der Waals surface area (Å²) < 4.78 is 0. The summed E-state index contributed by atoms with van der Waals surface area (Å²) in [5, 5.41) is 5.52. The molecule has 1 N–H and O–H groups in total. The minimum atomic E-state index is -0.141.